The van der Waals surface area contributed by atoms with Gasteiger partial charge in [-0.25, -0.2) is 0 Å². The third-order valence-corrected chi connectivity index (χ3v) is 4.28. The number of para-hydroxylation sites is 1. The van der Waals surface area contributed by atoms with Crippen molar-refractivity contribution in [3.8, 4) is 16.9 Å². The maximum absolute atomic E-state index is 9.46. The lowest BCUT2D eigenvalue weighted by Crippen LogP contribution is -2.26. The quantitative estimate of drug-likeness (QED) is 0.580. The number of fused-ring (bicyclic) bond motifs is 3. The lowest BCUT2D eigenvalue weighted by atomic mass is 10.0. The predicted octanol–water partition coefficient (Wildman–Crippen LogP) is 3.95. The van der Waals surface area contributed by atoms with Gasteiger partial charge in [0.2, 0.25) is 0 Å². The molecule has 1 heterocycles. The smallest absolute Gasteiger partial charge is 0.135 e. The monoisotopic (exact) mass is 333 g/mol. The van der Waals surface area contributed by atoms with Gasteiger partial charge in [0.05, 0.1) is 0 Å². The molecule has 0 aliphatic heterocycles. The summed E-state index contributed by atoms with van der Waals surface area (Å²) >= 11 is 0. The molecule has 1 aromatic heterocycles. The van der Waals surface area contributed by atoms with Gasteiger partial charge < -0.3 is 20.0 Å². The second-order valence-electron chi connectivity index (χ2n) is 6.03. The van der Waals surface area contributed by atoms with Crippen LogP contribution in [0.5, 0.6) is 5.75 Å². The van der Waals surface area contributed by atoms with E-state index >= 15 is 0 Å². The van der Waals surface area contributed by atoms with Crippen molar-refractivity contribution in [3.05, 3.63) is 66.7 Å². The Labute approximate surface area is 145 Å². The molecule has 4 heteroatoms. The zero-order valence-electron chi connectivity index (χ0n) is 13.7. The molecule has 4 nitrogen and oxygen atoms in total. The predicted molar refractivity (Wildman–Crippen MR) is 99.7 cm³/mol. The van der Waals surface area contributed by atoms with E-state index in [9.17, 15) is 5.11 Å². The van der Waals surface area contributed by atoms with Gasteiger partial charge in [-0.1, -0.05) is 36.4 Å². The van der Waals surface area contributed by atoms with Crippen molar-refractivity contribution >= 4 is 21.9 Å². The standard InChI is InChI=1S/C21H19NO3/c22-12-16(23)13-24-17-8-5-14(6-9-17)15-7-10-21-19(11-15)18-3-1-2-4-20(18)25-21/h1-11,16,23H,12-13,22H2. The Morgan fingerprint density at radius 1 is 0.880 bits per heavy atom. The lowest BCUT2D eigenvalue weighted by Gasteiger charge is -2.10. The molecule has 0 aliphatic rings. The molecule has 0 bridgehead atoms. The van der Waals surface area contributed by atoms with Crippen molar-refractivity contribution in [2.45, 2.75) is 6.10 Å². The summed E-state index contributed by atoms with van der Waals surface area (Å²) in [5.41, 5.74) is 9.38. The number of rotatable bonds is 5. The van der Waals surface area contributed by atoms with Gasteiger partial charge in [-0.15, -0.1) is 0 Å². The molecule has 4 rings (SSSR count). The Hall–Kier alpha value is -2.82. The summed E-state index contributed by atoms with van der Waals surface area (Å²) in [5, 5.41) is 11.7. The first-order valence-corrected chi connectivity index (χ1v) is 8.27. The average molecular weight is 333 g/mol. The van der Waals surface area contributed by atoms with Gasteiger partial charge in [0.1, 0.15) is 29.6 Å². The number of furan rings is 1. The number of benzene rings is 3. The summed E-state index contributed by atoms with van der Waals surface area (Å²) in [6.45, 7) is 0.388. The van der Waals surface area contributed by atoms with Crippen molar-refractivity contribution in [1.29, 1.82) is 0 Å². The molecular formula is C21H19NO3. The molecule has 0 radical (unpaired) electrons. The highest BCUT2D eigenvalue weighted by Crippen LogP contribution is 2.32. The first-order valence-electron chi connectivity index (χ1n) is 8.27. The van der Waals surface area contributed by atoms with Crippen LogP contribution in [0, 0.1) is 0 Å². The fraction of sp³-hybridized carbons (Fsp3) is 0.143. The number of nitrogens with two attached hydrogens (primary N) is 1. The van der Waals surface area contributed by atoms with Gasteiger partial charge in [-0.2, -0.15) is 0 Å². The van der Waals surface area contributed by atoms with Gasteiger partial charge >= 0.3 is 0 Å². The van der Waals surface area contributed by atoms with Crippen LogP contribution in [0.3, 0.4) is 0 Å². The normalized spacial score (nSPS) is 12.6. The third-order valence-electron chi connectivity index (χ3n) is 4.28. The Morgan fingerprint density at radius 3 is 2.40 bits per heavy atom. The van der Waals surface area contributed by atoms with Crippen LogP contribution in [0.1, 0.15) is 0 Å². The zero-order valence-corrected chi connectivity index (χ0v) is 13.7. The van der Waals surface area contributed by atoms with E-state index in [2.05, 4.69) is 18.2 Å². The summed E-state index contributed by atoms with van der Waals surface area (Å²) in [7, 11) is 0. The molecule has 126 valence electrons. The fourth-order valence-corrected chi connectivity index (χ4v) is 2.91. The molecule has 0 aliphatic carbocycles. The third kappa shape index (κ3) is 3.09. The fourth-order valence-electron chi connectivity index (χ4n) is 2.91. The topological polar surface area (TPSA) is 68.6 Å². The van der Waals surface area contributed by atoms with Gasteiger partial charge in [-0.3, -0.25) is 0 Å². The molecule has 0 saturated carbocycles. The van der Waals surface area contributed by atoms with Crippen molar-refractivity contribution in [1.82, 2.24) is 0 Å². The first-order chi connectivity index (χ1) is 12.2. The van der Waals surface area contributed by atoms with E-state index in [1.807, 2.05) is 48.5 Å². The largest absolute Gasteiger partial charge is 0.491 e. The van der Waals surface area contributed by atoms with Crippen LogP contribution in [0.25, 0.3) is 33.1 Å². The maximum atomic E-state index is 9.46. The van der Waals surface area contributed by atoms with Crippen LogP contribution < -0.4 is 10.5 Å². The number of hydrogen-bond acceptors (Lipinski definition) is 4. The SMILES string of the molecule is NCC(O)COc1ccc(-c2ccc3oc4ccccc4c3c2)cc1. The summed E-state index contributed by atoms with van der Waals surface area (Å²) in [6, 6.07) is 22.1. The minimum absolute atomic E-state index is 0.191. The molecule has 0 amide bonds. The molecule has 25 heavy (non-hydrogen) atoms. The minimum atomic E-state index is -0.642. The summed E-state index contributed by atoms with van der Waals surface area (Å²) in [5.74, 6) is 0.714. The molecule has 1 atom stereocenters. The van der Waals surface area contributed by atoms with Gasteiger partial charge in [0.15, 0.2) is 0 Å². The highest BCUT2D eigenvalue weighted by atomic mass is 16.5. The molecule has 3 aromatic carbocycles. The number of aliphatic hydroxyl groups excluding tert-OH is 1. The van der Waals surface area contributed by atoms with E-state index < -0.39 is 6.10 Å². The van der Waals surface area contributed by atoms with E-state index in [-0.39, 0.29) is 13.2 Å². The first kappa shape index (κ1) is 15.7. The second kappa shape index (κ2) is 6.59. The van der Waals surface area contributed by atoms with Crippen LogP contribution in [-0.2, 0) is 0 Å². The van der Waals surface area contributed by atoms with Crippen molar-refractivity contribution in [3.63, 3.8) is 0 Å². The van der Waals surface area contributed by atoms with Crippen LogP contribution >= 0.6 is 0 Å². The molecule has 0 spiro atoms. The van der Waals surface area contributed by atoms with E-state index in [0.717, 1.165) is 33.1 Å². The maximum Gasteiger partial charge on any atom is 0.135 e. The molecule has 0 saturated heterocycles. The van der Waals surface area contributed by atoms with Crippen molar-refractivity contribution in [2.24, 2.45) is 5.73 Å². The number of ether oxygens (including phenoxy) is 1. The van der Waals surface area contributed by atoms with Gasteiger partial charge in [-0.05, 0) is 41.5 Å². The summed E-state index contributed by atoms with van der Waals surface area (Å²) in [6.07, 6.45) is -0.642. The van der Waals surface area contributed by atoms with Crippen molar-refractivity contribution in [2.75, 3.05) is 13.2 Å². The molecule has 3 N–H and O–H groups in total. The Bertz CT molecular complexity index is 1000. The summed E-state index contributed by atoms with van der Waals surface area (Å²) < 4.78 is 11.4. The van der Waals surface area contributed by atoms with Crippen molar-refractivity contribution < 1.29 is 14.3 Å². The van der Waals surface area contributed by atoms with Crippen LogP contribution in [-0.4, -0.2) is 24.4 Å². The number of aliphatic hydroxyl groups is 1. The highest BCUT2D eigenvalue weighted by molar-refractivity contribution is 6.06. The van der Waals surface area contributed by atoms with Crippen LogP contribution in [0.2, 0.25) is 0 Å². The minimum Gasteiger partial charge on any atom is -0.491 e. The Morgan fingerprint density at radius 2 is 1.60 bits per heavy atom. The highest BCUT2D eigenvalue weighted by Gasteiger charge is 2.08. The second-order valence-corrected chi connectivity index (χ2v) is 6.03. The van der Waals surface area contributed by atoms with E-state index in [0.29, 0.717) is 5.75 Å². The molecular weight excluding hydrogens is 314 g/mol. The Kier molecular flexibility index (Phi) is 4.14. The zero-order chi connectivity index (χ0) is 17.2. The van der Waals surface area contributed by atoms with E-state index in [4.69, 9.17) is 14.9 Å². The lowest BCUT2D eigenvalue weighted by molar-refractivity contribution is 0.114. The van der Waals surface area contributed by atoms with Gasteiger partial charge in [0.25, 0.3) is 0 Å². The van der Waals surface area contributed by atoms with Crippen LogP contribution in [0.4, 0.5) is 0 Å². The average Bonchev–Trinajstić information content (AvgIpc) is 3.04. The van der Waals surface area contributed by atoms with Crippen LogP contribution in [0.15, 0.2) is 71.1 Å². The van der Waals surface area contributed by atoms with Gasteiger partial charge in [0, 0.05) is 17.3 Å². The van der Waals surface area contributed by atoms with E-state index in [1.54, 1.807) is 0 Å². The number of hydrogen-bond donors (Lipinski definition) is 2. The van der Waals surface area contributed by atoms with E-state index in [1.165, 1.54) is 0 Å². The molecule has 0 fully saturated rings. The molecule has 1 unspecified atom stereocenters. The Balaban J connectivity index is 1.64. The molecule has 4 aromatic rings. The summed E-state index contributed by atoms with van der Waals surface area (Å²) in [4.78, 5) is 0.